The fourth-order valence-electron chi connectivity index (χ4n) is 4.04. The van der Waals surface area contributed by atoms with Crippen LogP contribution in [-0.2, 0) is 0 Å². The molecule has 2 heterocycles. The van der Waals surface area contributed by atoms with Gasteiger partial charge in [-0.1, -0.05) is 65.7 Å². The van der Waals surface area contributed by atoms with E-state index < -0.39 is 5.91 Å². The summed E-state index contributed by atoms with van der Waals surface area (Å²) in [6.45, 7) is 0. The zero-order valence-electron chi connectivity index (χ0n) is 18.3. The minimum atomic E-state index is -0.393. The molecule has 6 aromatic rings. The van der Waals surface area contributed by atoms with Gasteiger partial charge in [-0.3, -0.25) is 10.1 Å². The molecule has 0 saturated carbocycles. The Morgan fingerprint density at radius 3 is 2.67 bits per heavy atom. The highest BCUT2D eigenvalue weighted by atomic mass is 35.5. The number of carbonyl (C=O) groups excluding carboxylic acids is 1. The molecule has 0 saturated heterocycles. The van der Waals surface area contributed by atoms with Crippen LogP contribution in [0.15, 0.2) is 83.3 Å². The maximum atomic E-state index is 12.8. The number of anilines is 1. The summed E-state index contributed by atoms with van der Waals surface area (Å²) in [5.74, 6) is 0.143. The maximum Gasteiger partial charge on any atom is 0.269 e. The Morgan fingerprint density at radius 1 is 0.944 bits per heavy atom. The fourth-order valence-corrected chi connectivity index (χ4v) is 5.94. The number of carbonyl (C=O) groups is 1. The number of nitrogens with one attached hydrogen (secondary N) is 2. The number of hydrogen-bond donors (Lipinski definition) is 2. The number of nitrogens with zero attached hydrogens (tertiary/aromatic N) is 1. The smallest absolute Gasteiger partial charge is 0.269 e. The highest BCUT2D eigenvalue weighted by Crippen LogP contribution is 2.37. The summed E-state index contributed by atoms with van der Waals surface area (Å²) in [6, 6.07) is 24.9. The van der Waals surface area contributed by atoms with Crippen molar-refractivity contribution in [2.24, 2.45) is 0 Å². The first kappa shape index (κ1) is 22.9. The summed E-state index contributed by atoms with van der Waals surface area (Å²) in [5.41, 5.74) is 2.90. The van der Waals surface area contributed by atoms with Crippen LogP contribution in [0.1, 0.15) is 9.67 Å². The van der Waals surface area contributed by atoms with E-state index >= 15 is 0 Å². The highest BCUT2D eigenvalue weighted by Gasteiger charge is 2.19. The molecule has 0 bridgehead atoms. The molecule has 36 heavy (non-hydrogen) atoms. The molecule has 0 spiro atoms. The Labute approximate surface area is 224 Å². The van der Waals surface area contributed by atoms with Crippen LogP contribution in [0, 0.1) is 0 Å². The zero-order valence-corrected chi connectivity index (χ0v) is 21.5. The number of benzene rings is 4. The minimum absolute atomic E-state index is 0.142. The molecule has 0 aliphatic heterocycles. The van der Waals surface area contributed by atoms with E-state index in [0.717, 1.165) is 26.4 Å². The highest BCUT2D eigenvalue weighted by molar-refractivity contribution is 7.80. The summed E-state index contributed by atoms with van der Waals surface area (Å²) in [5, 5.41) is 9.77. The Hall–Kier alpha value is -3.49. The van der Waals surface area contributed by atoms with Gasteiger partial charge in [0.05, 0.1) is 5.02 Å². The van der Waals surface area contributed by atoms with E-state index in [1.807, 2.05) is 48.5 Å². The van der Waals surface area contributed by atoms with Crippen molar-refractivity contribution in [2.75, 3.05) is 5.32 Å². The molecular weight excluding hydrogens is 533 g/mol. The standard InChI is InChI=1S/C27H15Cl2N3O2S2/c28-15-8-10-19-22(12-15)36-24(23(19)29)25(33)32-27(35)30-16-9-11-21-20(13-16)31-26(34-21)18-7-3-5-14-4-1-2-6-17(14)18/h1-13H,(H2,30,32,33,35). The monoisotopic (exact) mass is 547 g/mol. The number of aromatic nitrogens is 1. The number of rotatable bonds is 3. The molecule has 2 N–H and O–H groups in total. The van der Waals surface area contributed by atoms with E-state index in [-0.39, 0.29) is 5.11 Å². The lowest BCUT2D eigenvalue weighted by atomic mass is 10.0. The third-order valence-corrected chi connectivity index (χ3v) is 7.79. The molecule has 9 heteroatoms. The molecule has 0 aliphatic rings. The lowest BCUT2D eigenvalue weighted by Gasteiger charge is -2.08. The van der Waals surface area contributed by atoms with Gasteiger partial charge in [0.2, 0.25) is 5.89 Å². The second kappa shape index (κ2) is 9.19. The van der Waals surface area contributed by atoms with Crippen LogP contribution >= 0.6 is 46.8 Å². The molecule has 0 unspecified atom stereocenters. The summed E-state index contributed by atoms with van der Waals surface area (Å²) in [7, 11) is 0. The van der Waals surface area contributed by atoms with Crippen LogP contribution in [0.3, 0.4) is 0 Å². The first-order valence-electron chi connectivity index (χ1n) is 10.8. The lowest BCUT2D eigenvalue weighted by molar-refractivity contribution is 0.0982. The Morgan fingerprint density at radius 2 is 1.78 bits per heavy atom. The second-order valence-corrected chi connectivity index (χ2v) is 10.3. The van der Waals surface area contributed by atoms with Gasteiger partial charge in [0.1, 0.15) is 10.4 Å². The number of hydrogen-bond acceptors (Lipinski definition) is 5. The van der Waals surface area contributed by atoms with Crippen molar-refractivity contribution in [3.05, 3.63) is 93.8 Å². The van der Waals surface area contributed by atoms with Crippen molar-refractivity contribution in [1.29, 1.82) is 0 Å². The van der Waals surface area contributed by atoms with Gasteiger partial charge < -0.3 is 9.73 Å². The topological polar surface area (TPSA) is 67.2 Å². The first-order chi connectivity index (χ1) is 17.5. The predicted octanol–water partition coefficient (Wildman–Crippen LogP) is 8.30. The molecule has 0 fully saturated rings. The van der Waals surface area contributed by atoms with Crippen molar-refractivity contribution < 1.29 is 9.21 Å². The Balaban J connectivity index is 1.22. The maximum absolute atomic E-state index is 12.8. The third-order valence-electron chi connectivity index (χ3n) is 5.69. The molecule has 1 amide bonds. The Kier molecular flexibility index (Phi) is 5.85. The van der Waals surface area contributed by atoms with Gasteiger partial charge in [0.25, 0.3) is 5.91 Å². The molecule has 0 aliphatic carbocycles. The number of thiocarbonyl (C=S) groups is 1. The molecule has 4 aromatic carbocycles. The van der Waals surface area contributed by atoms with Gasteiger partial charge >= 0.3 is 0 Å². The van der Waals surface area contributed by atoms with Gasteiger partial charge in [-0.2, -0.15) is 0 Å². The average Bonchev–Trinajstić information content (AvgIpc) is 3.44. The number of thiophene rings is 1. The quantitative estimate of drug-likeness (QED) is 0.218. The van der Waals surface area contributed by atoms with Crippen LogP contribution in [0.4, 0.5) is 5.69 Å². The molecular formula is C27H15Cl2N3O2S2. The normalized spacial score (nSPS) is 11.3. The molecule has 5 nitrogen and oxygen atoms in total. The lowest BCUT2D eigenvalue weighted by Crippen LogP contribution is -2.33. The van der Waals surface area contributed by atoms with Crippen molar-refractivity contribution in [2.45, 2.75) is 0 Å². The van der Waals surface area contributed by atoms with Crippen molar-refractivity contribution >= 4 is 95.4 Å². The summed E-state index contributed by atoms with van der Waals surface area (Å²) in [4.78, 5) is 17.9. The SMILES string of the molecule is O=C(NC(=S)Nc1ccc2oc(-c3cccc4ccccc34)nc2c1)c1sc2cc(Cl)ccc2c1Cl. The van der Waals surface area contributed by atoms with Crippen LogP contribution in [-0.4, -0.2) is 16.0 Å². The molecule has 176 valence electrons. The van der Waals surface area contributed by atoms with Crippen LogP contribution in [0.5, 0.6) is 0 Å². The van der Waals surface area contributed by atoms with E-state index in [1.165, 1.54) is 11.3 Å². The van der Waals surface area contributed by atoms with Crippen LogP contribution in [0.2, 0.25) is 10.0 Å². The van der Waals surface area contributed by atoms with E-state index in [4.69, 9.17) is 39.8 Å². The van der Waals surface area contributed by atoms with Gasteiger partial charge in [0, 0.05) is 26.4 Å². The van der Waals surface area contributed by atoms with Gasteiger partial charge in [0.15, 0.2) is 10.7 Å². The molecule has 6 rings (SSSR count). The summed E-state index contributed by atoms with van der Waals surface area (Å²) in [6.07, 6.45) is 0. The average molecular weight is 548 g/mol. The van der Waals surface area contributed by atoms with E-state index in [0.29, 0.717) is 37.6 Å². The minimum Gasteiger partial charge on any atom is -0.436 e. The molecule has 2 aromatic heterocycles. The fraction of sp³-hybridized carbons (Fsp3) is 0. The van der Waals surface area contributed by atoms with Crippen molar-refractivity contribution in [1.82, 2.24) is 10.3 Å². The second-order valence-electron chi connectivity index (χ2n) is 8.02. The summed E-state index contributed by atoms with van der Waals surface area (Å²) < 4.78 is 6.86. The summed E-state index contributed by atoms with van der Waals surface area (Å²) >= 11 is 19.1. The third kappa shape index (κ3) is 4.20. The first-order valence-corrected chi connectivity index (χ1v) is 12.8. The van der Waals surface area contributed by atoms with E-state index in [1.54, 1.807) is 18.2 Å². The largest absolute Gasteiger partial charge is 0.436 e. The van der Waals surface area contributed by atoms with E-state index in [9.17, 15) is 4.79 Å². The zero-order chi connectivity index (χ0) is 24.8. The number of oxazole rings is 1. The van der Waals surface area contributed by atoms with E-state index in [2.05, 4.69) is 27.8 Å². The van der Waals surface area contributed by atoms with Crippen LogP contribution < -0.4 is 10.6 Å². The number of amides is 1. The van der Waals surface area contributed by atoms with Gasteiger partial charge in [-0.25, -0.2) is 4.98 Å². The molecule has 0 atom stereocenters. The number of halogens is 2. The van der Waals surface area contributed by atoms with Crippen LogP contribution in [0.25, 0.3) is 43.4 Å². The van der Waals surface area contributed by atoms with Gasteiger partial charge in [-0.15, -0.1) is 11.3 Å². The predicted molar refractivity (Wildman–Crippen MR) is 152 cm³/mol. The number of fused-ring (bicyclic) bond motifs is 3. The van der Waals surface area contributed by atoms with Gasteiger partial charge in [-0.05, 0) is 59.4 Å². The van der Waals surface area contributed by atoms with Crippen molar-refractivity contribution in [3.63, 3.8) is 0 Å². The Bertz CT molecular complexity index is 1820. The van der Waals surface area contributed by atoms with Crippen molar-refractivity contribution in [3.8, 4) is 11.5 Å². The molecule has 0 radical (unpaired) electrons.